The molecule has 0 saturated carbocycles. The van der Waals surface area contributed by atoms with Crippen molar-refractivity contribution in [3.8, 4) is 17.2 Å². The summed E-state index contributed by atoms with van der Waals surface area (Å²) >= 11 is 0. The topological polar surface area (TPSA) is 36.9 Å². The van der Waals surface area contributed by atoms with E-state index in [4.69, 9.17) is 50.3 Å². The van der Waals surface area contributed by atoms with Gasteiger partial charge in [0.25, 0.3) is 0 Å². The smallest absolute Gasteiger partial charge is 0.199 e. The third-order valence-corrected chi connectivity index (χ3v) is 3.49. The molecule has 2 heterocycles. The molecule has 2 aliphatic heterocycles. The zero-order valence-electron chi connectivity index (χ0n) is 11.6. The van der Waals surface area contributed by atoms with Crippen LogP contribution >= 0.6 is 0 Å². The first-order chi connectivity index (χ1) is 9.87. The Balaban J connectivity index is 1.79. The first-order valence-corrected chi connectivity index (χ1v) is 6.83. The second-order valence-corrected chi connectivity index (χ2v) is 5.31. The maximum Gasteiger partial charge on any atom is 0.199 e. The molecule has 1 aromatic rings. The van der Waals surface area contributed by atoms with Gasteiger partial charge in [0, 0.05) is 23.3 Å². The van der Waals surface area contributed by atoms with Crippen molar-refractivity contribution in [2.45, 2.75) is 36.4 Å². The van der Waals surface area contributed by atoms with Crippen molar-refractivity contribution in [1.29, 1.82) is 0 Å². The highest BCUT2D eigenvalue weighted by atomic mass is 16.7. The lowest BCUT2D eigenvalue weighted by Crippen LogP contribution is -2.65. The number of fused-ring (bicyclic) bond motifs is 1. The summed E-state index contributed by atoms with van der Waals surface area (Å²) in [6.07, 6.45) is 2.72. The molecule has 1 aromatic carbocycles. The predicted octanol–water partition coefficient (Wildman–Crippen LogP) is 0.345. The monoisotopic (exact) mass is 276 g/mol. The average molecular weight is 275 g/mol. The molecule has 3 rings (SSSR count). The summed E-state index contributed by atoms with van der Waals surface area (Å²) in [5.74, 6) is 1.24. The third kappa shape index (κ3) is 2.91. The van der Waals surface area contributed by atoms with Gasteiger partial charge in [-0.15, -0.1) is 0 Å². The molecule has 0 aliphatic carbocycles. The van der Waals surface area contributed by atoms with Gasteiger partial charge in [0.1, 0.15) is 37.1 Å². The fourth-order valence-corrected chi connectivity index (χ4v) is 2.21. The van der Waals surface area contributed by atoms with E-state index in [1.165, 1.54) is 0 Å². The maximum absolute atomic E-state index is 5.74. The number of hydrogen-bond acceptors (Lipinski definition) is 4. The molecular weight excluding hydrogens is 263 g/mol. The minimum absolute atomic E-state index is 0.259. The minimum Gasteiger partial charge on any atom is -0.501 e. The van der Waals surface area contributed by atoms with Crippen LogP contribution in [0.25, 0.3) is 0 Å². The van der Waals surface area contributed by atoms with Gasteiger partial charge in [0.15, 0.2) is 17.8 Å². The van der Waals surface area contributed by atoms with E-state index in [9.17, 15) is 0 Å². The summed E-state index contributed by atoms with van der Waals surface area (Å²) in [4.78, 5) is 0. The average Bonchev–Trinajstić information content (AvgIpc) is 2.41. The lowest BCUT2D eigenvalue weighted by Gasteiger charge is -2.48. The molecule has 0 spiro atoms. The van der Waals surface area contributed by atoms with Crippen LogP contribution in [-0.2, 0) is 4.74 Å². The van der Waals surface area contributed by atoms with E-state index >= 15 is 0 Å². The van der Waals surface area contributed by atoms with Gasteiger partial charge in [0.2, 0.25) is 0 Å². The van der Waals surface area contributed by atoms with E-state index in [1.807, 2.05) is 0 Å². The van der Waals surface area contributed by atoms with Gasteiger partial charge >= 0.3 is 0 Å². The summed E-state index contributed by atoms with van der Waals surface area (Å²) in [6.45, 7) is 0.701. The lowest BCUT2D eigenvalue weighted by molar-refractivity contribution is -0.106. The van der Waals surface area contributed by atoms with Crippen LogP contribution in [0.4, 0.5) is 0 Å². The Hall–Kier alpha value is -1.16. The van der Waals surface area contributed by atoms with E-state index < -0.39 is 10.8 Å². The van der Waals surface area contributed by atoms with Crippen molar-refractivity contribution in [1.82, 2.24) is 0 Å². The molecule has 0 bridgehead atoms. The van der Waals surface area contributed by atoms with Crippen LogP contribution in [0, 0.1) is 0 Å². The molecule has 0 N–H and O–H groups in total. The summed E-state index contributed by atoms with van der Waals surface area (Å²) in [7, 11) is 22.8. The van der Waals surface area contributed by atoms with E-state index in [-0.39, 0.29) is 6.29 Å². The van der Waals surface area contributed by atoms with E-state index in [0.717, 1.165) is 19.3 Å². The van der Waals surface area contributed by atoms with Crippen LogP contribution in [0.2, 0.25) is 0 Å². The van der Waals surface area contributed by atoms with Crippen molar-refractivity contribution in [3.05, 3.63) is 18.2 Å². The third-order valence-electron chi connectivity index (χ3n) is 3.49. The van der Waals surface area contributed by atoms with Crippen LogP contribution in [0.3, 0.4) is 0 Å². The summed E-state index contributed by atoms with van der Waals surface area (Å²) < 4.78 is 22.1. The van der Waals surface area contributed by atoms with Gasteiger partial charge in [-0.2, -0.15) is 0 Å². The van der Waals surface area contributed by atoms with Crippen molar-refractivity contribution >= 4 is 31.4 Å². The van der Waals surface area contributed by atoms with Crippen LogP contribution < -0.4 is 14.2 Å². The molecule has 100 valence electrons. The van der Waals surface area contributed by atoms with Crippen molar-refractivity contribution in [2.24, 2.45) is 0 Å². The van der Waals surface area contributed by atoms with Crippen LogP contribution in [0.1, 0.15) is 19.3 Å². The highest BCUT2D eigenvalue weighted by molar-refractivity contribution is 6.53. The number of benzene rings is 1. The minimum atomic E-state index is -1.85. The quantitative estimate of drug-likeness (QED) is 0.730. The van der Waals surface area contributed by atoms with Gasteiger partial charge in [-0.3, -0.25) is 0 Å². The standard InChI is InChI=1S/C13H12B4O4/c14-12(15)13(16,17)21-10-7-8(4-5-9(10)20-12)19-11-3-1-2-6-18-11/h4-5,7,11H,1-3,6H2. The predicted molar refractivity (Wildman–Crippen MR) is 80.4 cm³/mol. The normalized spacial score (nSPS) is 26.0. The fourth-order valence-electron chi connectivity index (χ4n) is 2.21. The highest BCUT2D eigenvalue weighted by Gasteiger charge is 2.43. The van der Waals surface area contributed by atoms with Gasteiger partial charge in [-0.25, -0.2) is 0 Å². The first-order valence-electron chi connectivity index (χ1n) is 6.83. The molecule has 2 aliphatic rings. The molecular formula is C13H12B4O4. The van der Waals surface area contributed by atoms with Crippen molar-refractivity contribution in [2.75, 3.05) is 6.61 Å². The molecule has 0 amide bonds. The molecule has 1 fully saturated rings. The van der Waals surface area contributed by atoms with Crippen LogP contribution in [0.15, 0.2) is 18.2 Å². The van der Waals surface area contributed by atoms with Gasteiger partial charge in [-0.05, 0) is 25.0 Å². The van der Waals surface area contributed by atoms with Crippen molar-refractivity contribution < 1.29 is 18.9 Å². The summed E-state index contributed by atoms with van der Waals surface area (Å²) in [5, 5.41) is -3.67. The first kappa shape index (κ1) is 14.8. The second kappa shape index (κ2) is 5.24. The van der Waals surface area contributed by atoms with Gasteiger partial charge in [0.05, 0.1) is 6.61 Å². The molecule has 8 radical (unpaired) electrons. The summed E-state index contributed by atoms with van der Waals surface area (Å²) in [6, 6.07) is 4.98. The van der Waals surface area contributed by atoms with Crippen LogP contribution in [0.5, 0.6) is 17.2 Å². The highest BCUT2D eigenvalue weighted by Crippen LogP contribution is 2.41. The molecule has 1 saturated heterocycles. The molecule has 0 aromatic heterocycles. The Kier molecular flexibility index (Phi) is 3.68. The van der Waals surface area contributed by atoms with Crippen LogP contribution in [-0.4, -0.2) is 55.1 Å². The Morgan fingerprint density at radius 1 is 1.00 bits per heavy atom. The molecule has 1 unspecified atom stereocenters. The Bertz CT molecular complexity index is 529. The molecule has 4 nitrogen and oxygen atoms in total. The van der Waals surface area contributed by atoms with E-state index in [1.54, 1.807) is 18.2 Å². The summed E-state index contributed by atoms with van der Waals surface area (Å²) in [5.41, 5.74) is 0. The van der Waals surface area contributed by atoms with Gasteiger partial charge < -0.3 is 18.9 Å². The second-order valence-electron chi connectivity index (χ2n) is 5.31. The van der Waals surface area contributed by atoms with E-state index in [0.29, 0.717) is 23.9 Å². The zero-order valence-corrected chi connectivity index (χ0v) is 11.6. The zero-order chi connectivity index (χ0) is 15.1. The SMILES string of the molecule is [B]C1([B])Oc2ccc(OC3CCCCO3)cc2OC1([B])[B]. The van der Waals surface area contributed by atoms with Crippen molar-refractivity contribution in [3.63, 3.8) is 0 Å². The molecule has 1 atom stereocenters. The number of ether oxygens (including phenoxy) is 4. The lowest BCUT2D eigenvalue weighted by atomic mass is 9.41. The number of hydrogen-bond donors (Lipinski definition) is 0. The molecule has 8 heteroatoms. The largest absolute Gasteiger partial charge is 0.501 e. The Morgan fingerprint density at radius 3 is 2.38 bits per heavy atom. The van der Waals surface area contributed by atoms with E-state index in [2.05, 4.69) is 0 Å². The maximum atomic E-state index is 5.74. The fraction of sp³-hybridized carbons (Fsp3) is 0.538. The Morgan fingerprint density at radius 2 is 1.71 bits per heavy atom. The molecule has 21 heavy (non-hydrogen) atoms. The van der Waals surface area contributed by atoms with Gasteiger partial charge in [-0.1, -0.05) is 0 Å². The Labute approximate surface area is 129 Å². The number of rotatable bonds is 2.